The molecule has 2 unspecified atom stereocenters. The van der Waals surface area contributed by atoms with E-state index in [0.29, 0.717) is 11.5 Å². The monoisotopic (exact) mass is 248 g/mol. The van der Waals surface area contributed by atoms with E-state index in [4.69, 9.17) is 4.74 Å². The van der Waals surface area contributed by atoms with Crippen LogP contribution in [0.25, 0.3) is 0 Å². The fourth-order valence-corrected chi connectivity index (χ4v) is 2.89. The van der Waals surface area contributed by atoms with Gasteiger partial charge in [0.25, 0.3) is 0 Å². The van der Waals surface area contributed by atoms with Crippen molar-refractivity contribution in [3.05, 3.63) is 0 Å². The Morgan fingerprint density at radius 3 is 2.94 bits per heavy atom. The molecule has 2 rings (SSSR count). The van der Waals surface area contributed by atoms with Crippen LogP contribution < -0.4 is 5.32 Å². The van der Waals surface area contributed by atoms with Gasteiger partial charge in [0.1, 0.15) is 0 Å². The summed E-state index contributed by atoms with van der Waals surface area (Å²) in [6, 6.07) is 0. The van der Waals surface area contributed by atoms with Crippen LogP contribution in [0.3, 0.4) is 0 Å². The van der Waals surface area contributed by atoms with Gasteiger partial charge in [0.2, 0.25) is 0 Å². The van der Waals surface area contributed by atoms with Crippen molar-refractivity contribution in [1.82, 2.24) is 10.2 Å². The van der Waals surface area contributed by atoms with Crippen LogP contribution in [0, 0.1) is 5.41 Å². The van der Waals surface area contributed by atoms with Crippen molar-refractivity contribution in [2.45, 2.75) is 32.3 Å². The minimum absolute atomic E-state index is 0. The van der Waals surface area contributed by atoms with Gasteiger partial charge in [0.05, 0.1) is 6.10 Å². The number of hydrogen-bond acceptors (Lipinski definition) is 3. The Kier molecular flexibility index (Phi) is 5.51. The van der Waals surface area contributed by atoms with Crippen molar-refractivity contribution < 1.29 is 4.74 Å². The molecule has 0 aliphatic carbocycles. The Bertz CT molecular complexity index is 207. The number of halogens is 1. The molecule has 2 aliphatic rings. The Hall–Kier alpha value is 0.170. The van der Waals surface area contributed by atoms with Crippen molar-refractivity contribution in [1.29, 1.82) is 0 Å². The highest BCUT2D eigenvalue weighted by atomic mass is 35.5. The fraction of sp³-hybridized carbons (Fsp3) is 1.00. The lowest BCUT2D eigenvalue weighted by Crippen LogP contribution is -2.45. The standard InChI is InChI=1S/C12H24N2O.ClH/c1-12(5-6-13-9-12)10-14-7-3-4-11(8-14)15-2;/h11,13H,3-10H2,1-2H3;1H. The number of ether oxygens (including phenoxy) is 1. The summed E-state index contributed by atoms with van der Waals surface area (Å²) in [5.41, 5.74) is 0.496. The molecule has 0 aromatic rings. The lowest BCUT2D eigenvalue weighted by Gasteiger charge is -2.37. The van der Waals surface area contributed by atoms with Gasteiger partial charge in [0, 0.05) is 26.7 Å². The third kappa shape index (κ3) is 3.59. The van der Waals surface area contributed by atoms with Crippen LogP contribution in [-0.4, -0.2) is 50.8 Å². The van der Waals surface area contributed by atoms with Crippen molar-refractivity contribution in [2.24, 2.45) is 5.41 Å². The maximum atomic E-state index is 5.46. The van der Waals surface area contributed by atoms with Crippen LogP contribution in [0.2, 0.25) is 0 Å². The molecule has 1 N–H and O–H groups in total. The quantitative estimate of drug-likeness (QED) is 0.820. The normalized spacial score (nSPS) is 36.0. The molecule has 0 aromatic heterocycles. The highest BCUT2D eigenvalue weighted by Gasteiger charge is 2.32. The number of likely N-dealkylation sites (tertiary alicyclic amines) is 1. The van der Waals surface area contributed by atoms with E-state index in [1.807, 2.05) is 7.11 Å². The Balaban J connectivity index is 0.00000128. The molecule has 3 nitrogen and oxygen atoms in total. The zero-order chi connectivity index (χ0) is 10.7. The Labute approximate surface area is 105 Å². The predicted octanol–water partition coefficient (Wildman–Crippen LogP) is 1.52. The molecule has 0 radical (unpaired) electrons. The van der Waals surface area contributed by atoms with E-state index in [0.717, 1.165) is 6.54 Å². The largest absolute Gasteiger partial charge is 0.380 e. The van der Waals surface area contributed by atoms with Crippen LogP contribution in [0.15, 0.2) is 0 Å². The summed E-state index contributed by atoms with van der Waals surface area (Å²) in [7, 11) is 1.84. The zero-order valence-electron chi connectivity index (χ0n) is 10.5. The van der Waals surface area contributed by atoms with Gasteiger partial charge in [-0.25, -0.2) is 0 Å². The first kappa shape index (κ1) is 14.2. The molecule has 2 fully saturated rings. The molecule has 16 heavy (non-hydrogen) atoms. The summed E-state index contributed by atoms with van der Waals surface area (Å²) >= 11 is 0. The topological polar surface area (TPSA) is 24.5 Å². The summed E-state index contributed by atoms with van der Waals surface area (Å²) in [5, 5.41) is 3.47. The predicted molar refractivity (Wildman–Crippen MR) is 69.3 cm³/mol. The van der Waals surface area contributed by atoms with Gasteiger partial charge in [-0.3, -0.25) is 0 Å². The van der Waals surface area contributed by atoms with Crippen LogP contribution >= 0.6 is 12.4 Å². The van der Waals surface area contributed by atoms with Gasteiger partial charge >= 0.3 is 0 Å². The van der Waals surface area contributed by atoms with Gasteiger partial charge in [-0.1, -0.05) is 6.92 Å². The minimum Gasteiger partial charge on any atom is -0.380 e. The molecule has 4 heteroatoms. The zero-order valence-corrected chi connectivity index (χ0v) is 11.3. The third-order valence-electron chi connectivity index (χ3n) is 3.86. The highest BCUT2D eigenvalue weighted by Crippen LogP contribution is 2.27. The molecular weight excluding hydrogens is 224 g/mol. The van der Waals surface area contributed by atoms with Crippen LogP contribution in [-0.2, 0) is 4.74 Å². The number of nitrogens with one attached hydrogen (secondary N) is 1. The van der Waals surface area contributed by atoms with Gasteiger partial charge in [0.15, 0.2) is 0 Å². The van der Waals surface area contributed by atoms with E-state index >= 15 is 0 Å². The van der Waals surface area contributed by atoms with Gasteiger partial charge in [-0.05, 0) is 37.8 Å². The van der Waals surface area contributed by atoms with E-state index < -0.39 is 0 Å². The fourth-order valence-electron chi connectivity index (χ4n) is 2.89. The molecule has 2 aliphatic heterocycles. The summed E-state index contributed by atoms with van der Waals surface area (Å²) in [4.78, 5) is 2.59. The second kappa shape index (κ2) is 6.20. The second-order valence-electron chi connectivity index (χ2n) is 5.47. The SMILES string of the molecule is COC1CCCN(CC2(C)CCNC2)C1.Cl. The van der Waals surface area contributed by atoms with E-state index in [1.54, 1.807) is 0 Å². The minimum atomic E-state index is 0. The maximum Gasteiger partial charge on any atom is 0.0698 e. The first-order valence-corrected chi connectivity index (χ1v) is 6.18. The van der Waals surface area contributed by atoms with Gasteiger partial charge in [-0.15, -0.1) is 12.4 Å². The highest BCUT2D eigenvalue weighted by molar-refractivity contribution is 5.85. The molecule has 0 spiro atoms. The van der Waals surface area contributed by atoms with Crippen molar-refractivity contribution in [2.75, 3.05) is 39.8 Å². The van der Waals surface area contributed by atoms with Crippen molar-refractivity contribution in [3.63, 3.8) is 0 Å². The average Bonchev–Trinajstić information content (AvgIpc) is 2.65. The summed E-state index contributed by atoms with van der Waals surface area (Å²) < 4.78 is 5.46. The molecule has 96 valence electrons. The number of piperidine rings is 1. The average molecular weight is 249 g/mol. The molecule has 2 saturated heterocycles. The number of hydrogen-bond donors (Lipinski definition) is 1. The van der Waals surface area contributed by atoms with E-state index in [9.17, 15) is 0 Å². The number of rotatable bonds is 3. The van der Waals surface area contributed by atoms with Gasteiger partial charge < -0.3 is 15.0 Å². The lowest BCUT2D eigenvalue weighted by molar-refractivity contribution is 0.0185. The summed E-state index contributed by atoms with van der Waals surface area (Å²) in [5.74, 6) is 0. The van der Waals surface area contributed by atoms with E-state index in [2.05, 4.69) is 17.1 Å². The molecule has 0 saturated carbocycles. The van der Waals surface area contributed by atoms with Crippen LogP contribution in [0.1, 0.15) is 26.2 Å². The van der Waals surface area contributed by atoms with Crippen molar-refractivity contribution >= 4 is 12.4 Å². The first-order valence-electron chi connectivity index (χ1n) is 6.18. The molecule has 0 amide bonds. The number of methoxy groups -OCH3 is 1. The van der Waals surface area contributed by atoms with Crippen LogP contribution in [0.4, 0.5) is 0 Å². The molecule has 2 atom stereocenters. The van der Waals surface area contributed by atoms with Crippen LogP contribution in [0.5, 0.6) is 0 Å². The Morgan fingerprint density at radius 2 is 2.31 bits per heavy atom. The molecule has 2 heterocycles. The number of nitrogens with zero attached hydrogens (tertiary/aromatic N) is 1. The summed E-state index contributed by atoms with van der Waals surface area (Å²) in [6.07, 6.45) is 4.32. The molecular formula is C12H25ClN2O. The van der Waals surface area contributed by atoms with E-state index in [1.165, 1.54) is 45.4 Å². The maximum absolute atomic E-state index is 5.46. The molecule has 0 bridgehead atoms. The Morgan fingerprint density at radius 1 is 1.50 bits per heavy atom. The first-order chi connectivity index (χ1) is 7.22. The second-order valence-corrected chi connectivity index (χ2v) is 5.47. The van der Waals surface area contributed by atoms with Gasteiger partial charge in [-0.2, -0.15) is 0 Å². The molecule has 0 aromatic carbocycles. The summed E-state index contributed by atoms with van der Waals surface area (Å²) in [6.45, 7) is 8.41. The lowest BCUT2D eigenvalue weighted by atomic mass is 9.88. The van der Waals surface area contributed by atoms with E-state index in [-0.39, 0.29) is 12.4 Å². The smallest absolute Gasteiger partial charge is 0.0698 e. The third-order valence-corrected chi connectivity index (χ3v) is 3.86. The van der Waals surface area contributed by atoms with Crippen molar-refractivity contribution in [3.8, 4) is 0 Å².